The number of nitrogens with zero attached hydrogens (tertiary/aromatic N) is 4. The number of oxazole rings is 1. The molecule has 0 bridgehead atoms. The van der Waals surface area contributed by atoms with E-state index in [0.29, 0.717) is 24.3 Å². The molecule has 32 heavy (non-hydrogen) atoms. The van der Waals surface area contributed by atoms with Gasteiger partial charge in [0.15, 0.2) is 5.76 Å². The van der Waals surface area contributed by atoms with Crippen LogP contribution >= 0.6 is 0 Å². The third-order valence-corrected chi connectivity index (χ3v) is 5.81. The average molecular weight is 433 g/mol. The number of aromatic nitrogens is 2. The topological polar surface area (TPSA) is 54.6 Å². The van der Waals surface area contributed by atoms with Gasteiger partial charge in [-0.1, -0.05) is 11.6 Å². The highest BCUT2D eigenvalue weighted by Gasteiger charge is 2.23. The summed E-state index contributed by atoms with van der Waals surface area (Å²) in [5.41, 5.74) is 4.16. The summed E-state index contributed by atoms with van der Waals surface area (Å²) in [5, 5.41) is 0. The number of likely N-dealkylation sites (tertiary alicyclic amines) is 1. The van der Waals surface area contributed by atoms with Crippen LogP contribution in [0.5, 0.6) is 5.75 Å². The summed E-state index contributed by atoms with van der Waals surface area (Å²) < 4.78 is 11.7. The molecular weight excluding hydrogens is 400 g/mol. The van der Waals surface area contributed by atoms with Crippen LogP contribution in [0.3, 0.4) is 0 Å². The molecule has 0 N–H and O–H groups in total. The molecule has 1 aliphatic heterocycles. The number of rotatable bonds is 8. The van der Waals surface area contributed by atoms with Gasteiger partial charge in [-0.25, -0.2) is 4.98 Å². The molecule has 6 heteroatoms. The normalized spacial score (nSPS) is 16.5. The van der Waals surface area contributed by atoms with Crippen molar-refractivity contribution in [1.29, 1.82) is 0 Å². The molecular formula is C26H32N4O2. The molecule has 0 radical (unpaired) electrons. The van der Waals surface area contributed by atoms with Crippen molar-refractivity contribution in [2.45, 2.75) is 32.9 Å². The van der Waals surface area contributed by atoms with Crippen LogP contribution in [0, 0.1) is 0 Å². The van der Waals surface area contributed by atoms with Crippen molar-refractivity contribution in [1.82, 2.24) is 19.8 Å². The monoisotopic (exact) mass is 432 g/mol. The molecule has 1 aromatic carbocycles. The van der Waals surface area contributed by atoms with Crippen molar-refractivity contribution in [3.63, 3.8) is 0 Å². The first-order chi connectivity index (χ1) is 15.5. The second-order valence-electron chi connectivity index (χ2n) is 8.84. The summed E-state index contributed by atoms with van der Waals surface area (Å²) in [6.45, 7) is 7.86. The van der Waals surface area contributed by atoms with Crippen LogP contribution in [0.25, 0.3) is 22.9 Å². The number of ether oxygens (including phenoxy) is 1. The van der Waals surface area contributed by atoms with Gasteiger partial charge in [0.25, 0.3) is 0 Å². The van der Waals surface area contributed by atoms with E-state index in [-0.39, 0.29) is 0 Å². The van der Waals surface area contributed by atoms with Gasteiger partial charge in [-0.3, -0.25) is 9.88 Å². The molecule has 4 rings (SSSR count). The Hall–Kier alpha value is -2.96. The predicted molar refractivity (Wildman–Crippen MR) is 127 cm³/mol. The lowest BCUT2D eigenvalue weighted by Gasteiger charge is -2.20. The van der Waals surface area contributed by atoms with Crippen LogP contribution in [0.1, 0.15) is 25.8 Å². The van der Waals surface area contributed by atoms with Gasteiger partial charge < -0.3 is 14.1 Å². The molecule has 1 aliphatic rings. The van der Waals surface area contributed by atoms with Gasteiger partial charge in [0, 0.05) is 37.4 Å². The van der Waals surface area contributed by atoms with E-state index in [1.54, 1.807) is 6.20 Å². The predicted octanol–water partition coefficient (Wildman–Crippen LogP) is 4.88. The van der Waals surface area contributed by atoms with Crippen molar-refractivity contribution in [3.05, 3.63) is 66.0 Å². The van der Waals surface area contributed by atoms with Crippen LogP contribution in [0.4, 0.5) is 0 Å². The number of pyridine rings is 1. The molecule has 3 heterocycles. The number of benzene rings is 1. The summed E-state index contributed by atoms with van der Waals surface area (Å²) in [6, 6.07) is 12.6. The van der Waals surface area contributed by atoms with Crippen LogP contribution in [0.15, 0.2) is 64.9 Å². The molecule has 0 aliphatic carbocycles. The Bertz CT molecular complexity index is 1030. The molecule has 3 aromatic rings. The summed E-state index contributed by atoms with van der Waals surface area (Å²) >= 11 is 0. The fraction of sp³-hybridized carbons (Fsp3) is 0.385. The second-order valence-corrected chi connectivity index (χ2v) is 8.84. The van der Waals surface area contributed by atoms with Gasteiger partial charge in [-0.15, -0.1) is 0 Å². The lowest BCUT2D eigenvalue weighted by atomic mass is 10.2. The first-order valence-electron chi connectivity index (χ1n) is 11.1. The molecule has 6 nitrogen and oxygen atoms in total. The Labute approximate surface area is 190 Å². The van der Waals surface area contributed by atoms with Gasteiger partial charge in [-0.2, -0.15) is 0 Å². The first kappa shape index (κ1) is 22.2. The highest BCUT2D eigenvalue weighted by atomic mass is 16.5. The Kier molecular flexibility index (Phi) is 7.02. The van der Waals surface area contributed by atoms with E-state index in [2.05, 4.69) is 59.9 Å². The van der Waals surface area contributed by atoms with Gasteiger partial charge in [0.05, 0.1) is 6.20 Å². The Balaban J connectivity index is 1.36. The van der Waals surface area contributed by atoms with Crippen molar-refractivity contribution < 1.29 is 9.15 Å². The second kappa shape index (κ2) is 10.1. The molecule has 1 atom stereocenters. The number of allylic oxidation sites excluding steroid dienone is 1. The van der Waals surface area contributed by atoms with Gasteiger partial charge >= 0.3 is 0 Å². The fourth-order valence-electron chi connectivity index (χ4n) is 3.83. The Morgan fingerprint density at radius 2 is 1.94 bits per heavy atom. The van der Waals surface area contributed by atoms with E-state index >= 15 is 0 Å². The quantitative estimate of drug-likeness (QED) is 0.473. The summed E-state index contributed by atoms with van der Waals surface area (Å²) in [6.07, 6.45) is 6.96. The maximum atomic E-state index is 5.98. The van der Waals surface area contributed by atoms with Crippen LogP contribution < -0.4 is 4.74 Å². The molecule has 2 aromatic heterocycles. The molecule has 0 unspecified atom stereocenters. The molecule has 0 saturated carbocycles. The molecule has 1 saturated heterocycles. The highest BCUT2D eigenvalue weighted by molar-refractivity contribution is 5.60. The third kappa shape index (κ3) is 5.64. The third-order valence-electron chi connectivity index (χ3n) is 5.81. The van der Waals surface area contributed by atoms with Gasteiger partial charge in [-0.05, 0) is 76.3 Å². The van der Waals surface area contributed by atoms with E-state index in [1.807, 2.05) is 36.5 Å². The maximum absolute atomic E-state index is 5.98. The van der Waals surface area contributed by atoms with Crippen molar-refractivity contribution in [2.75, 3.05) is 33.8 Å². The standard InChI is InChI=1S/C26H32N4O2/c1-19(2)12-14-31-23-8-6-21(7-9-23)25-16-28-26(32-25)24-10-5-20(15-27-24)17-30-13-11-22(18-30)29(3)4/h5-10,12,15-16,22H,11,13-14,17-18H2,1-4H3/t22-/m1/s1. The molecule has 1 fully saturated rings. The van der Waals surface area contributed by atoms with Gasteiger partial charge in [0.2, 0.25) is 5.89 Å². The number of hydrogen-bond donors (Lipinski definition) is 0. The molecule has 0 amide bonds. The zero-order valence-corrected chi connectivity index (χ0v) is 19.4. The van der Waals surface area contributed by atoms with Crippen molar-refractivity contribution >= 4 is 0 Å². The minimum absolute atomic E-state index is 0.532. The Morgan fingerprint density at radius 3 is 2.59 bits per heavy atom. The highest BCUT2D eigenvalue weighted by Crippen LogP contribution is 2.27. The van der Waals surface area contributed by atoms with E-state index in [9.17, 15) is 0 Å². The van der Waals surface area contributed by atoms with Crippen LogP contribution in [-0.4, -0.2) is 59.6 Å². The largest absolute Gasteiger partial charge is 0.490 e. The average Bonchev–Trinajstić information content (AvgIpc) is 3.45. The van der Waals surface area contributed by atoms with Gasteiger partial charge in [0.1, 0.15) is 18.1 Å². The maximum Gasteiger partial charge on any atom is 0.245 e. The molecule has 0 spiro atoms. The fourth-order valence-corrected chi connectivity index (χ4v) is 3.83. The van der Waals surface area contributed by atoms with Crippen LogP contribution in [0.2, 0.25) is 0 Å². The van der Waals surface area contributed by atoms with Crippen molar-refractivity contribution in [2.24, 2.45) is 0 Å². The SMILES string of the molecule is CC(C)=CCOc1ccc(-c2cnc(-c3ccc(CN4CC[C@@H](N(C)C)C4)cn3)o2)cc1. The lowest BCUT2D eigenvalue weighted by Crippen LogP contribution is -2.31. The van der Waals surface area contributed by atoms with Crippen molar-refractivity contribution in [3.8, 4) is 28.7 Å². The van der Waals surface area contributed by atoms with E-state index in [1.165, 1.54) is 17.6 Å². The summed E-state index contributed by atoms with van der Waals surface area (Å²) in [5.74, 6) is 2.08. The minimum atomic E-state index is 0.532. The van der Waals surface area contributed by atoms with E-state index in [4.69, 9.17) is 9.15 Å². The Morgan fingerprint density at radius 1 is 1.12 bits per heavy atom. The van der Waals surface area contributed by atoms with Crippen LogP contribution in [-0.2, 0) is 6.54 Å². The zero-order chi connectivity index (χ0) is 22.5. The van der Waals surface area contributed by atoms with E-state index in [0.717, 1.165) is 36.6 Å². The lowest BCUT2D eigenvalue weighted by molar-refractivity contribution is 0.264. The first-order valence-corrected chi connectivity index (χ1v) is 11.1. The zero-order valence-electron chi connectivity index (χ0n) is 19.4. The summed E-state index contributed by atoms with van der Waals surface area (Å²) in [7, 11) is 4.31. The number of hydrogen-bond acceptors (Lipinski definition) is 6. The summed E-state index contributed by atoms with van der Waals surface area (Å²) in [4.78, 5) is 13.8. The smallest absolute Gasteiger partial charge is 0.245 e. The van der Waals surface area contributed by atoms with E-state index < -0.39 is 0 Å². The number of likely N-dealkylation sites (N-methyl/N-ethyl adjacent to an activating group) is 1. The minimum Gasteiger partial charge on any atom is -0.490 e. The molecule has 168 valence electrons.